The van der Waals surface area contributed by atoms with Crippen molar-refractivity contribution in [1.82, 2.24) is 5.32 Å². The molecule has 2 rings (SSSR count). The summed E-state index contributed by atoms with van der Waals surface area (Å²) in [5.74, 6) is 0. The largest absolute Gasteiger partial charge is 0.380 e. The van der Waals surface area contributed by atoms with E-state index < -0.39 is 0 Å². The molecule has 1 aromatic heterocycles. The van der Waals surface area contributed by atoms with Crippen molar-refractivity contribution in [1.29, 1.82) is 0 Å². The molecule has 1 heterocycles. The van der Waals surface area contributed by atoms with Gasteiger partial charge in [0.15, 0.2) is 0 Å². The highest BCUT2D eigenvalue weighted by molar-refractivity contribution is 7.17. The van der Waals surface area contributed by atoms with Crippen molar-refractivity contribution in [2.75, 3.05) is 19.8 Å². The molecule has 0 bridgehead atoms. The van der Waals surface area contributed by atoms with Gasteiger partial charge in [0.1, 0.15) is 0 Å². The zero-order valence-electron chi connectivity index (χ0n) is 10.4. The maximum Gasteiger partial charge on any atom is 0.0661 e. The van der Waals surface area contributed by atoms with Crippen LogP contribution in [-0.4, -0.2) is 19.8 Å². The molecule has 92 valence electrons. The highest BCUT2D eigenvalue weighted by atomic mass is 32.1. The van der Waals surface area contributed by atoms with Crippen LogP contribution in [0.3, 0.4) is 0 Å². The van der Waals surface area contributed by atoms with E-state index in [-0.39, 0.29) is 0 Å². The first kappa shape index (κ1) is 12.6. The van der Waals surface area contributed by atoms with Crippen LogP contribution in [0.25, 0.3) is 10.1 Å². The molecule has 2 nitrogen and oxygen atoms in total. The summed E-state index contributed by atoms with van der Waals surface area (Å²) < 4.78 is 6.91. The third-order valence-corrected chi connectivity index (χ3v) is 3.81. The van der Waals surface area contributed by atoms with Gasteiger partial charge >= 0.3 is 0 Å². The number of hydrogen-bond acceptors (Lipinski definition) is 3. The lowest BCUT2D eigenvalue weighted by molar-refractivity contribution is 0.124. The molecule has 3 heteroatoms. The highest BCUT2D eigenvalue weighted by Gasteiger charge is 2.14. The van der Waals surface area contributed by atoms with Gasteiger partial charge in [0.25, 0.3) is 0 Å². The number of hydrogen-bond donors (Lipinski definition) is 1. The van der Waals surface area contributed by atoms with Crippen molar-refractivity contribution in [3.05, 3.63) is 35.2 Å². The van der Waals surface area contributed by atoms with E-state index in [9.17, 15) is 0 Å². The Kier molecular flexibility index (Phi) is 4.54. The molecule has 0 radical (unpaired) electrons. The van der Waals surface area contributed by atoms with Crippen LogP contribution in [-0.2, 0) is 4.74 Å². The van der Waals surface area contributed by atoms with E-state index in [1.165, 1.54) is 15.6 Å². The van der Waals surface area contributed by atoms with E-state index in [1.807, 2.05) is 6.92 Å². The number of likely N-dealkylation sites (N-methyl/N-ethyl adjacent to an activating group) is 1. The van der Waals surface area contributed by atoms with Crippen molar-refractivity contribution >= 4 is 21.4 Å². The molecule has 0 amide bonds. The van der Waals surface area contributed by atoms with Crippen LogP contribution in [0.1, 0.15) is 25.5 Å². The molecule has 1 unspecified atom stereocenters. The Labute approximate surface area is 107 Å². The van der Waals surface area contributed by atoms with Gasteiger partial charge in [0.05, 0.1) is 12.6 Å². The van der Waals surface area contributed by atoms with E-state index >= 15 is 0 Å². The summed E-state index contributed by atoms with van der Waals surface area (Å²) in [4.78, 5) is 0. The van der Waals surface area contributed by atoms with Gasteiger partial charge in [-0.2, -0.15) is 0 Å². The lowest BCUT2D eigenvalue weighted by Crippen LogP contribution is -2.25. The molecule has 0 aliphatic heterocycles. The number of thiophene rings is 1. The van der Waals surface area contributed by atoms with Crippen LogP contribution in [0, 0.1) is 0 Å². The standard InChI is InChI=1S/C14H19NOS/c1-3-15-13(9-16-4-2)12-10-17-14-8-6-5-7-11(12)14/h5-8,10,13,15H,3-4,9H2,1-2H3. The van der Waals surface area contributed by atoms with Gasteiger partial charge < -0.3 is 10.1 Å². The van der Waals surface area contributed by atoms with Crippen molar-refractivity contribution in [2.24, 2.45) is 0 Å². The minimum Gasteiger partial charge on any atom is -0.380 e. The predicted octanol–water partition coefficient (Wildman–Crippen LogP) is 3.59. The summed E-state index contributed by atoms with van der Waals surface area (Å²) in [6, 6.07) is 8.86. The van der Waals surface area contributed by atoms with Gasteiger partial charge in [-0.05, 0) is 35.9 Å². The average molecular weight is 249 g/mol. The molecule has 2 aromatic rings. The van der Waals surface area contributed by atoms with Crippen molar-refractivity contribution in [3.63, 3.8) is 0 Å². The van der Waals surface area contributed by atoms with Crippen LogP contribution in [0.4, 0.5) is 0 Å². The normalized spacial score (nSPS) is 13.1. The predicted molar refractivity (Wildman–Crippen MR) is 74.7 cm³/mol. The molecule has 1 N–H and O–H groups in total. The van der Waals surface area contributed by atoms with E-state index in [0.717, 1.165) is 19.8 Å². The highest BCUT2D eigenvalue weighted by Crippen LogP contribution is 2.30. The topological polar surface area (TPSA) is 21.3 Å². The summed E-state index contributed by atoms with van der Waals surface area (Å²) in [5, 5.41) is 7.09. The van der Waals surface area contributed by atoms with E-state index in [0.29, 0.717) is 6.04 Å². The van der Waals surface area contributed by atoms with Gasteiger partial charge in [-0.15, -0.1) is 11.3 Å². The Hall–Kier alpha value is -0.900. The third-order valence-electron chi connectivity index (χ3n) is 2.83. The molecular formula is C14H19NOS. The summed E-state index contributed by atoms with van der Waals surface area (Å²) in [5.41, 5.74) is 1.36. The Morgan fingerprint density at radius 2 is 2.12 bits per heavy atom. The monoisotopic (exact) mass is 249 g/mol. The molecular weight excluding hydrogens is 230 g/mol. The second-order valence-electron chi connectivity index (χ2n) is 3.96. The molecule has 0 fully saturated rings. The Bertz CT molecular complexity index is 466. The first-order valence-electron chi connectivity index (χ1n) is 6.14. The fourth-order valence-electron chi connectivity index (χ4n) is 2.01. The Morgan fingerprint density at radius 3 is 2.88 bits per heavy atom. The SMILES string of the molecule is CCNC(COCC)c1csc2ccccc12. The number of rotatable bonds is 6. The van der Waals surface area contributed by atoms with Crippen LogP contribution in [0.15, 0.2) is 29.6 Å². The van der Waals surface area contributed by atoms with Crippen molar-refractivity contribution in [3.8, 4) is 0 Å². The van der Waals surface area contributed by atoms with Crippen LogP contribution >= 0.6 is 11.3 Å². The van der Waals surface area contributed by atoms with Crippen molar-refractivity contribution < 1.29 is 4.74 Å². The average Bonchev–Trinajstić information content (AvgIpc) is 2.78. The molecule has 1 aromatic carbocycles. The molecule has 0 saturated heterocycles. The minimum atomic E-state index is 0.302. The van der Waals surface area contributed by atoms with Gasteiger partial charge in [-0.1, -0.05) is 25.1 Å². The number of ether oxygens (including phenoxy) is 1. The zero-order chi connectivity index (χ0) is 12.1. The molecule has 17 heavy (non-hydrogen) atoms. The van der Waals surface area contributed by atoms with Gasteiger partial charge in [-0.3, -0.25) is 0 Å². The first-order chi connectivity index (χ1) is 8.36. The summed E-state index contributed by atoms with van der Waals surface area (Å²) in [6.07, 6.45) is 0. The fourth-order valence-corrected chi connectivity index (χ4v) is 3.02. The summed E-state index contributed by atoms with van der Waals surface area (Å²) in [7, 11) is 0. The van der Waals surface area contributed by atoms with Crippen LogP contribution in [0.5, 0.6) is 0 Å². The number of benzene rings is 1. The molecule has 0 aliphatic rings. The number of nitrogens with one attached hydrogen (secondary N) is 1. The molecule has 1 atom stereocenters. The minimum absolute atomic E-state index is 0.302. The molecule has 0 saturated carbocycles. The van der Waals surface area contributed by atoms with Gasteiger partial charge in [0, 0.05) is 11.3 Å². The Balaban J connectivity index is 2.27. The van der Waals surface area contributed by atoms with Crippen LogP contribution < -0.4 is 5.32 Å². The Morgan fingerprint density at radius 1 is 1.29 bits per heavy atom. The number of fused-ring (bicyclic) bond motifs is 1. The lowest BCUT2D eigenvalue weighted by atomic mass is 10.1. The maximum atomic E-state index is 5.56. The lowest BCUT2D eigenvalue weighted by Gasteiger charge is -2.17. The third kappa shape index (κ3) is 2.86. The van der Waals surface area contributed by atoms with Crippen molar-refractivity contribution in [2.45, 2.75) is 19.9 Å². The smallest absolute Gasteiger partial charge is 0.0661 e. The zero-order valence-corrected chi connectivity index (χ0v) is 11.2. The first-order valence-corrected chi connectivity index (χ1v) is 7.02. The van der Waals surface area contributed by atoms with E-state index in [4.69, 9.17) is 4.74 Å². The summed E-state index contributed by atoms with van der Waals surface area (Å²) in [6.45, 7) is 6.64. The molecule has 0 aliphatic carbocycles. The quantitative estimate of drug-likeness (QED) is 0.844. The van der Waals surface area contributed by atoms with E-state index in [1.54, 1.807) is 11.3 Å². The fraction of sp³-hybridized carbons (Fsp3) is 0.429. The summed E-state index contributed by atoms with van der Waals surface area (Å²) >= 11 is 1.81. The van der Waals surface area contributed by atoms with Gasteiger partial charge in [-0.25, -0.2) is 0 Å². The van der Waals surface area contributed by atoms with E-state index in [2.05, 4.69) is 41.9 Å². The molecule has 0 spiro atoms. The second-order valence-corrected chi connectivity index (χ2v) is 4.87. The second kappa shape index (κ2) is 6.15. The van der Waals surface area contributed by atoms with Crippen LogP contribution in [0.2, 0.25) is 0 Å². The van der Waals surface area contributed by atoms with Gasteiger partial charge in [0.2, 0.25) is 0 Å². The maximum absolute atomic E-state index is 5.56.